The van der Waals surface area contributed by atoms with Gasteiger partial charge in [-0.1, -0.05) is 0 Å². The molecule has 1 aromatic heterocycles. The quantitative estimate of drug-likeness (QED) is 0.803. The standard InChI is InChI=1S/C13H20N4OS/c1-11-2-3-14-12(10-11)16-13(19)15-4-5-17-6-8-18-9-7-17/h2-3,10H,4-9H2,1H3,(H2,14,15,16,19). The van der Waals surface area contributed by atoms with E-state index in [0.717, 1.165) is 50.8 Å². The van der Waals surface area contributed by atoms with Crippen molar-refractivity contribution in [1.82, 2.24) is 15.2 Å². The van der Waals surface area contributed by atoms with Crippen LogP contribution in [0.25, 0.3) is 0 Å². The fraction of sp³-hybridized carbons (Fsp3) is 0.538. The van der Waals surface area contributed by atoms with Crippen molar-refractivity contribution >= 4 is 23.1 Å². The smallest absolute Gasteiger partial charge is 0.171 e. The van der Waals surface area contributed by atoms with Crippen molar-refractivity contribution in [2.75, 3.05) is 44.7 Å². The lowest BCUT2D eigenvalue weighted by Gasteiger charge is -2.26. The fourth-order valence-corrected chi connectivity index (χ4v) is 2.12. The SMILES string of the molecule is Cc1ccnc(NC(=S)NCCN2CCOCC2)c1. The lowest BCUT2D eigenvalue weighted by Crippen LogP contribution is -2.42. The van der Waals surface area contributed by atoms with Crippen molar-refractivity contribution in [1.29, 1.82) is 0 Å². The minimum absolute atomic E-state index is 0.617. The van der Waals surface area contributed by atoms with E-state index in [-0.39, 0.29) is 0 Å². The number of pyridine rings is 1. The van der Waals surface area contributed by atoms with Crippen LogP contribution in [0.5, 0.6) is 0 Å². The Morgan fingerprint density at radius 1 is 1.47 bits per heavy atom. The summed E-state index contributed by atoms with van der Waals surface area (Å²) in [4.78, 5) is 6.58. The molecule has 0 spiro atoms. The number of nitrogens with one attached hydrogen (secondary N) is 2. The van der Waals surface area contributed by atoms with Gasteiger partial charge in [-0.25, -0.2) is 4.98 Å². The zero-order valence-corrected chi connectivity index (χ0v) is 12.0. The molecule has 1 fully saturated rings. The summed E-state index contributed by atoms with van der Waals surface area (Å²) in [5.41, 5.74) is 1.16. The van der Waals surface area contributed by atoms with Gasteiger partial charge < -0.3 is 15.4 Å². The first-order chi connectivity index (χ1) is 9.24. The molecule has 0 bridgehead atoms. The van der Waals surface area contributed by atoms with E-state index in [4.69, 9.17) is 17.0 Å². The Balaban J connectivity index is 1.67. The molecule has 104 valence electrons. The first-order valence-electron chi connectivity index (χ1n) is 6.51. The minimum Gasteiger partial charge on any atom is -0.379 e. The van der Waals surface area contributed by atoms with Crippen molar-refractivity contribution in [2.45, 2.75) is 6.92 Å². The summed E-state index contributed by atoms with van der Waals surface area (Å²) in [5, 5.41) is 6.90. The minimum atomic E-state index is 0.617. The van der Waals surface area contributed by atoms with Crippen molar-refractivity contribution in [3.05, 3.63) is 23.9 Å². The van der Waals surface area contributed by atoms with E-state index >= 15 is 0 Å². The highest BCUT2D eigenvalue weighted by Gasteiger charge is 2.09. The molecule has 1 aliphatic rings. The lowest BCUT2D eigenvalue weighted by atomic mass is 10.3. The molecule has 0 aromatic carbocycles. The predicted molar refractivity (Wildman–Crippen MR) is 80.5 cm³/mol. The summed E-state index contributed by atoms with van der Waals surface area (Å²) in [5.74, 6) is 0.781. The molecule has 2 N–H and O–H groups in total. The molecule has 0 unspecified atom stereocenters. The Morgan fingerprint density at radius 3 is 3.00 bits per heavy atom. The number of ether oxygens (including phenoxy) is 1. The average Bonchev–Trinajstić information content (AvgIpc) is 2.40. The van der Waals surface area contributed by atoms with Crippen LogP contribution >= 0.6 is 12.2 Å². The zero-order valence-electron chi connectivity index (χ0n) is 11.2. The van der Waals surface area contributed by atoms with Gasteiger partial charge in [0, 0.05) is 32.4 Å². The number of aryl methyl sites for hydroxylation is 1. The van der Waals surface area contributed by atoms with Gasteiger partial charge in [-0.3, -0.25) is 4.90 Å². The molecule has 19 heavy (non-hydrogen) atoms. The van der Waals surface area contributed by atoms with Crippen molar-refractivity contribution < 1.29 is 4.74 Å². The lowest BCUT2D eigenvalue weighted by molar-refractivity contribution is 0.0389. The summed E-state index contributed by atoms with van der Waals surface area (Å²) in [6.45, 7) is 7.50. The maximum absolute atomic E-state index is 5.31. The Kier molecular flexibility index (Phi) is 5.50. The third-order valence-electron chi connectivity index (χ3n) is 2.97. The van der Waals surface area contributed by atoms with Crippen LogP contribution in [-0.4, -0.2) is 54.4 Å². The second-order valence-corrected chi connectivity index (χ2v) is 4.96. The number of morpholine rings is 1. The molecule has 1 aliphatic heterocycles. The maximum atomic E-state index is 5.31. The van der Waals surface area contributed by atoms with Crippen LogP contribution in [0.3, 0.4) is 0 Å². The summed E-state index contributed by atoms with van der Waals surface area (Å²) in [7, 11) is 0. The number of nitrogens with zero attached hydrogens (tertiary/aromatic N) is 2. The molecule has 0 amide bonds. The van der Waals surface area contributed by atoms with E-state index in [1.165, 1.54) is 0 Å². The first-order valence-corrected chi connectivity index (χ1v) is 6.92. The van der Waals surface area contributed by atoms with Gasteiger partial charge in [-0.2, -0.15) is 0 Å². The number of anilines is 1. The third-order valence-corrected chi connectivity index (χ3v) is 3.22. The molecular weight excluding hydrogens is 260 g/mol. The van der Waals surface area contributed by atoms with Gasteiger partial charge in [-0.15, -0.1) is 0 Å². The topological polar surface area (TPSA) is 49.4 Å². The van der Waals surface area contributed by atoms with Crippen molar-refractivity contribution in [3.8, 4) is 0 Å². The highest BCUT2D eigenvalue weighted by atomic mass is 32.1. The van der Waals surface area contributed by atoms with Crippen LogP contribution in [0.2, 0.25) is 0 Å². The molecule has 0 atom stereocenters. The molecule has 2 rings (SSSR count). The van der Waals surface area contributed by atoms with Gasteiger partial charge in [0.25, 0.3) is 0 Å². The number of hydrogen-bond donors (Lipinski definition) is 2. The fourth-order valence-electron chi connectivity index (χ4n) is 1.92. The van der Waals surface area contributed by atoms with Crippen LogP contribution < -0.4 is 10.6 Å². The molecule has 1 saturated heterocycles. The largest absolute Gasteiger partial charge is 0.379 e. The van der Waals surface area contributed by atoms with Gasteiger partial charge in [0.2, 0.25) is 0 Å². The van der Waals surface area contributed by atoms with Crippen LogP contribution in [0.15, 0.2) is 18.3 Å². The second-order valence-electron chi connectivity index (χ2n) is 4.55. The van der Waals surface area contributed by atoms with Crippen LogP contribution in [-0.2, 0) is 4.74 Å². The van der Waals surface area contributed by atoms with E-state index in [9.17, 15) is 0 Å². The average molecular weight is 280 g/mol. The van der Waals surface area contributed by atoms with Crippen LogP contribution in [0.4, 0.5) is 5.82 Å². The molecule has 0 aliphatic carbocycles. The molecule has 0 radical (unpaired) electrons. The third kappa shape index (κ3) is 5.10. The number of rotatable bonds is 4. The predicted octanol–water partition coefficient (Wildman–Crippen LogP) is 1.01. The van der Waals surface area contributed by atoms with Gasteiger partial charge >= 0.3 is 0 Å². The zero-order chi connectivity index (χ0) is 13.5. The highest BCUT2D eigenvalue weighted by Crippen LogP contribution is 2.04. The first kappa shape index (κ1) is 14.2. The summed E-state index contributed by atoms with van der Waals surface area (Å²) >= 11 is 5.24. The Hall–Kier alpha value is -1.24. The van der Waals surface area contributed by atoms with Crippen LogP contribution in [0, 0.1) is 6.92 Å². The van der Waals surface area contributed by atoms with Gasteiger partial charge in [0.15, 0.2) is 5.11 Å². The van der Waals surface area contributed by atoms with E-state index in [0.29, 0.717) is 5.11 Å². The van der Waals surface area contributed by atoms with E-state index in [1.807, 2.05) is 19.1 Å². The molecular formula is C13H20N4OS. The Bertz CT molecular complexity index is 421. The van der Waals surface area contributed by atoms with Gasteiger partial charge in [0.05, 0.1) is 13.2 Å². The summed E-state index contributed by atoms with van der Waals surface area (Å²) < 4.78 is 5.31. The number of thiocarbonyl (C=S) groups is 1. The molecule has 1 aromatic rings. The van der Waals surface area contributed by atoms with Crippen molar-refractivity contribution in [2.24, 2.45) is 0 Å². The van der Waals surface area contributed by atoms with E-state index < -0.39 is 0 Å². The maximum Gasteiger partial charge on any atom is 0.171 e. The van der Waals surface area contributed by atoms with Gasteiger partial charge in [0.1, 0.15) is 5.82 Å². The van der Waals surface area contributed by atoms with Gasteiger partial charge in [-0.05, 0) is 36.8 Å². The molecule has 2 heterocycles. The summed E-state index contributed by atoms with van der Waals surface area (Å²) in [6, 6.07) is 3.93. The van der Waals surface area contributed by atoms with E-state index in [2.05, 4.69) is 20.5 Å². The Morgan fingerprint density at radius 2 is 2.26 bits per heavy atom. The van der Waals surface area contributed by atoms with Crippen LogP contribution in [0.1, 0.15) is 5.56 Å². The monoisotopic (exact) mass is 280 g/mol. The highest BCUT2D eigenvalue weighted by molar-refractivity contribution is 7.80. The molecule has 0 saturated carbocycles. The second kappa shape index (κ2) is 7.37. The normalized spacial score (nSPS) is 16.1. The Labute approximate surface area is 119 Å². The molecule has 5 nitrogen and oxygen atoms in total. The summed E-state index contributed by atoms with van der Waals surface area (Å²) in [6.07, 6.45) is 1.77. The van der Waals surface area contributed by atoms with Crippen molar-refractivity contribution in [3.63, 3.8) is 0 Å². The number of hydrogen-bond acceptors (Lipinski definition) is 4. The van der Waals surface area contributed by atoms with E-state index in [1.54, 1.807) is 6.20 Å². The number of aromatic nitrogens is 1. The molecule has 6 heteroatoms.